The Labute approximate surface area is 112 Å². The number of anilines is 1. The zero-order chi connectivity index (χ0) is 13.3. The maximum absolute atomic E-state index is 12.3. The number of benzene rings is 1. The van der Waals surface area contributed by atoms with Gasteiger partial charge in [-0.15, -0.1) is 11.8 Å². The van der Waals surface area contributed by atoms with Crippen molar-refractivity contribution >= 4 is 29.1 Å². The van der Waals surface area contributed by atoms with Gasteiger partial charge in [0.25, 0.3) is 0 Å². The van der Waals surface area contributed by atoms with Crippen LogP contribution in [0.1, 0.15) is 37.6 Å². The molecule has 0 radical (unpaired) electrons. The molecule has 18 heavy (non-hydrogen) atoms. The number of Topliss-reactive ketones (excluding diaryl/α,β-unsaturated/α-hetero) is 1. The first-order valence-electron chi connectivity index (χ1n) is 6.21. The average Bonchev–Trinajstić information content (AvgIpc) is 2.37. The van der Waals surface area contributed by atoms with Crippen LogP contribution in [0.3, 0.4) is 0 Å². The molecule has 0 aliphatic carbocycles. The standard InChI is InChI=1S/C14H17NO2S/c1-4-12-14(17)15(5-2)11-8-10(9(3)16)6-7-13(11)18-12/h6-8,12H,4-5H2,1-3H3. The lowest BCUT2D eigenvalue weighted by molar-refractivity contribution is -0.118. The first-order valence-corrected chi connectivity index (χ1v) is 7.09. The highest BCUT2D eigenvalue weighted by Crippen LogP contribution is 2.40. The summed E-state index contributed by atoms with van der Waals surface area (Å²) >= 11 is 1.60. The molecule has 1 aliphatic heterocycles. The molecular formula is C14H17NO2S. The molecule has 1 heterocycles. The third-order valence-corrected chi connectivity index (χ3v) is 4.57. The minimum atomic E-state index is 0.000582. The van der Waals surface area contributed by atoms with Crippen LogP contribution >= 0.6 is 11.8 Å². The Hall–Kier alpha value is -1.29. The number of carbonyl (C=O) groups excluding carboxylic acids is 2. The summed E-state index contributed by atoms with van der Waals surface area (Å²) in [6, 6.07) is 5.62. The second-order valence-corrected chi connectivity index (χ2v) is 5.58. The van der Waals surface area contributed by atoms with E-state index in [2.05, 4.69) is 0 Å². The topological polar surface area (TPSA) is 37.4 Å². The van der Waals surface area contributed by atoms with E-state index in [4.69, 9.17) is 0 Å². The smallest absolute Gasteiger partial charge is 0.240 e. The van der Waals surface area contributed by atoms with Crippen molar-refractivity contribution in [1.82, 2.24) is 0 Å². The molecule has 0 aromatic heterocycles. The van der Waals surface area contributed by atoms with Gasteiger partial charge in [-0.3, -0.25) is 9.59 Å². The lowest BCUT2D eigenvalue weighted by Crippen LogP contribution is -2.40. The lowest BCUT2D eigenvalue weighted by atomic mass is 10.1. The molecular weight excluding hydrogens is 246 g/mol. The predicted molar refractivity (Wildman–Crippen MR) is 74.4 cm³/mol. The van der Waals surface area contributed by atoms with Crippen LogP contribution in [0.15, 0.2) is 23.1 Å². The average molecular weight is 263 g/mol. The Kier molecular flexibility index (Phi) is 3.76. The van der Waals surface area contributed by atoms with Crippen molar-refractivity contribution in [3.05, 3.63) is 23.8 Å². The SMILES string of the molecule is CCC1Sc2ccc(C(C)=O)cc2N(CC)C1=O. The molecule has 0 saturated carbocycles. The fourth-order valence-corrected chi connectivity index (χ4v) is 3.27. The van der Waals surface area contributed by atoms with Gasteiger partial charge in [0, 0.05) is 17.0 Å². The van der Waals surface area contributed by atoms with Crippen molar-refractivity contribution < 1.29 is 9.59 Å². The van der Waals surface area contributed by atoms with Gasteiger partial charge in [-0.1, -0.05) is 13.0 Å². The number of hydrogen-bond donors (Lipinski definition) is 0. The molecule has 1 aromatic rings. The first kappa shape index (κ1) is 13.1. The van der Waals surface area contributed by atoms with E-state index in [9.17, 15) is 9.59 Å². The number of ketones is 1. The number of rotatable bonds is 3. The van der Waals surface area contributed by atoms with E-state index in [-0.39, 0.29) is 16.9 Å². The maximum atomic E-state index is 12.3. The predicted octanol–water partition coefficient (Wildman–Crippen LogP) is 3.13. The Morgan fingerprint density at radius 2 is 2.11 bits per heavy atom. The Balaban J connectivity index is 2.49. The number of fused-ring (bicyclic) bond motifs is 1. The lowest BCUT2D eigenvalue weighted by Gasteiger charge is -2.32. The van der Waals surface area contributed by atoms with Gasteiger partial charge in [0.1, 0.15) is 0 Å². The second-order valence-electron chi connectivity index (χ2n) is 4.34. The number of thioether (sulfide) groups is 1. The van der Waals surface area contributed by atoms with Crippen LogP contribution in [0.2, 0.25) is 0 Å². The highest BCUT2D eigenvalue weighted by atomic mass is 32.2. The molecule has 0 N–H and O–H groups in total. The molecule has 1 amide bonds. The molecule has 2 rings (SSSR count). The zero-order valence-electron chi connectivity index (χ0n) is 10.9. The van der Waals surface area contributed by atoms with Crippen LogP contribution in [-0.4, -0.2) is 23.5 Å². The molecule has 0 spiro atoms. The minimum Gasteiger partial charge on any atom is -0.311 e. The fraction of sp³-hybridized carbons (Fsp3) is 0.429. The summed E-state index contributed by atoms with van der Waals surface area (Å²) < 4.78 is 0. The van der Waals surface area contributed by atoms with Gasteiger partial charge in [0.15, 0.2) is 5.78 Å². The van der Waals surface area contributed by atoms with Crippen molar-refractivity contribution in [3.63, 3.8) is 0 Å². The van der Waals surface area contributed by atoms with Gasteiger partial charge >= 0.3 is 0 Å². The molecule has 1 unspecified atom stereocenters. The molecule has 0 saturated heterocycles. The normalized spacial score (nSPS) is 18.7. The number of carbonyl (C=O) groups is 2. The van der Waals surface area contributed by atoms with Gasteiger partial charge in [-0.25, -0.2) is 0 Å². The number of nitrogens with zero attached hydrogens (tertiary/aromatic N) is 1. The van der Waals surface area contributed by atoms with Gasteiger partial charge in [-0.2, -0.15) is 0 Å². The summed E-state index contributed by atoms with van der Waals surface area (Å²) in [7, 11) is 0. The van der Waals surface area contributed by atoms with E-state index >= 15 is 0 Å². The van der Waals surface area contributed by atoms with Crippen LogP contribution in [0.25, 0.3) is 0 Å². The summed E-state index contributed by atoms with van der Waals surface area (Å²) in [5.41, 5.74) is 1.54. The third kappa shape index (κ3) is 2.17. The van der Waals surface area contributed by atoms with Crippen LogP contribution in [-0.2, 0) is 4.79 Å². The van der Waals surface area contributed by atoms with Crippen molar-refractivity contribution in [1.29, 1.82) is 0 Å². The van der Waals surface area contributed by atoms with Crippen molar-refractivity contribution in [2.75, 3.05) is 11.4 Å². The second kappa shape index (κ2) is 5.14. The van der Waals surface area contributed by atoms with Crippen LogP contribution in [0.5, 0.6) is 0 Å². The molecule has 96 valence electrons. The van der Waals surface area contributed by atoms with E-state index in [1.54, 1.807) is 23.6 Å². The highest BCUT2D eigenvalue weighted by Gasteiger charge is 2.31. The van der Waals surface area contributed by atoms with Gasteiger partial charge in [0.2, 0.25) is 5.91 Å². The molecule has 3 nitrogen and oxygen atoms in total. The summed E-state index contributed by atoms with van der Waals surface area (Å²) in [4.78, 5) is 26.5. The van der Waals surface area contributed by atoms with E-state index in [0.717, 1.165) is 17.0 Å². The minimum absolute atomic E-state index is 0.000582. The third-order valence-electron chi connectivity index (χ3n) is 3.15. The van der Waals surface area contributed by atoms with E-state index in [1.807, 2.05) is 32.0 Å². The molecule has 1 aliphatic rings. The van der Waals surface area contributed by atoms with Crippen LogP contribution in [0.4, 0.5) is 5.69 Å². The van der Waals surface area contributed by atoms with Crippen molar-refractivity contribution in [2.45, 2.75) is 37.3 Å². The number of hydrogen-bond acceptors (Lipinski definition) is 3. The molecule has 0 bridgehead atoms. The first-order chi connectivity index (χ1) is 8.58. The Bertz CT molecular complexity index is 499. The van der Waals surface area contributed by atoms with E-state index < -0.39 is 0 Å². The molecule has 1 aromatic carbocycles. The van der Waals surface area contributed by atoms with Crippen molar-refractivity contribution in [2.24, 2.45) is 0 Å². The van der Waals surface area contributed by atoms with E-state index in [1.165, 1.54) is 0 Å². The summed E-state index contributed by atoms with van der Waals surface area (Å²) in [6.45, 7) is 6.18. The van der Waals surface area contributed by atoms with Gasteiger partial charge in [0.05, 0.1) is 10.9 Å². The summed E-state index contributed by atoms with van der Waals surface area (Å²) in [6.07, 6.45) is 0.827. The highest BCUT2D eigenvalue weighted by molar-refractivity contribution is 8.01. The molecule has 4 heteroatoms. The zero-order valence-corrected chi connectivity index (χ0v) is 11.7. The van der Waals surface area contributed by atoms with Gasteiger partial charge in [-0.05, 0) is 32.4 Å². The monoisotopic (exact) mass is 263 g/mol. The van der Waals surface area contributed by atoms with Crippen LogP contribution in [0, 0.1) is 0 Å². The molecule has 1 atom stereocenters. The molecule has 0 fully saturated rings. The van der Waals surface area contributed by atoms with E-state index in [0.29, 0.717) is 12.1 Å². The maximum Gasteiger partial charge on any atom is 0.240 e. The van der Waals surface area contributed by atoms with Crippen LogP contribution < -0.4 is 4.90 Å². The van der Waals surface area contributed by atoms with Crippen molar-refractivity contribution in [3.8, 4) is 0 Å². The Morgan fingerprint density at radius 3 is 2.67 bits per heavy atom. The summed E-state index contributed by atoms with van der Waals surface area (Å²) in [5, 5.41) is 0.000582. The quantitative estimate of drug-likeness (QED) is 0.786. The van der Waals surface area contributed by atoms with Gasteiger partial charge < -0.3 is 4.90 Å². The largest absolute Gasteiger partial charge is 0.311 e. The number of amides is 1. The Morgan fingerprint density at radius 1 is 1.39 bits per heavy atom. The summed E-state index contributed by atoms with van der Waals surface area (Å²) in [5.74, 6) is 0.183. The fourth-order valence-electron chi connectivity index (χ4n) is 2.13.